The first kappa shape index (κ1) is 12.8. The van der Waals surface area contributed by atoms with Gasteiger partial charge in [0.05, 0.1) is 11.9 Å². The highest BCUT2D eigenvalue weighted by Gasteiger charge is 2.14. The smallest absolute Gasteiger partial charge is 0.272 e. The van der Waals surface area contributed by atoms with E-state index in [4.69, 9.17) is 0 Å². The Labute approximate surface area is 112 Å². The summed E-state index contributed by atoms with van der Waals surface area (Å²) in [6.45, 7) is 2.59. The van der Waals surface area contributed by atoms with Crippen molar-refractivity contribution in [3.05, 3.63) is 46.7 Å². The van der Waals surface area contributed by atoms with Crippen molar-refractivity contribution in [3.8, 4) is 0 Å². The Balaban J connectivity index is 2.25. The van der Waals surface area contributed by atoms with Crippen LogP contribution in [-0.2, 0) is 6.54 Å². The summed E-state index contributed by atoms with van der Waals surface area (Å²) in [5.74, 6) is -0.910. The third-order valence-electron chi connectivity index (χ3n) is 2.46. The van der Waals surface area contributed by atoms with Crippen LogP contribution in [0.5, 0.6) is 0 Å². The first-order valence-corrected chi connectivity index (χ1v) is 6.17. The first-order valence-electron chi connectivity index (χ1n) is 5.38. The lowest BCUT2D eigenvalue weighted by Crippen LogP contribution is -2.17. The number of nitrogens with zero attached hydrogens (tertiary/aromatic N) is 2. The summed E-state index contributed by atoms with van der Waals surface area (Å²) in [7, 11) is 0. The number of aryl methyl sites for hydroxylation is 1. The molecule has 6 heteroatoms. The molecule has 0 unspecified atom stereocenters. The molecule has 18 heavy (non-hydrogen) atoms. The van der Waals surface area contributed by atoms with Gasteiger partial charge in [0.25, 0.3) is 5.91 Å². The van der Waals surface area contributed by atoms with Crippen LogP contribution in [0.2, 0.25) is 0 Å². The molecule has 0 atom stereocenters. The fraction of sp³-hybridized carbons (Fsp3) is 0.167. The number of halogens is 2. The summed E-state index contributed by atoms with van der Waals surface area (Å²) in [4.78, 5) is 15.6. The van der Waals surface area contributed by atoms with Crippen LogP contribution in [0.15, 0.2) is 35.2 Å². The molecule has 0 saturated carbocycles. The van der Waals surface area contributed by atoms with Gasteiger partial charge in [-0.05, 0) is 35.0 Å². The Bertz CT molecular complexity index is 582. The Kier molecular flexibility index (Phi) is 3.76. The molecule has 0 aromatic carbocycles. The Morgan fingerprint density at radius 3 is 3.06 bits per heavy atom. The molecule has 0 radical (unpaired) electrons. The van der Waals surface area contributed by atoms with Gasteiger partial charge in [-0.15, -0.1) is 0 Å². The molecule has 0 bridgehead atoms. The fourth-order valence-electron chi connectivity index (χ4n) is 1.59. The van der Waals surface area contributed by atoms with E-state index in [0.29, 0.717) is 12.2 Å². The maximum Gasteiger partial charge on any atom is 0.272 e. The lowest BCUT2D eigenvalue weighted by molar-refractivity contribution is 0.101. The van der Waals surface area contributed by atoms with Crippen molar-refractivity contribution < 1.29 is 9.18 Å². The topological polar surface area (TPSA) is 46.9 Å². The van der Waals surface area contributed by atoms with Gasteiger partial charge in [-0.2, -0.15) is 0 Å². The van der Waals surface area contributed by atoms with Gasteiger partial charge >= 0.3 is 0 Å². The molecular weight excluding hydrogens is 301 g/mol. The largest absolute Gasteiger partial charge is 0.343 e. The number of anilines is 1. The highest BCUT2D eigenvalue weighted by molar-refractivity contribution is 9.10. The number of amides is 1. The summed E-state index contributed by atoms with van der Waals surface area (Å²) in [6, 6.07) is 3.11. The summed E-state index contributed by atoms with van der Waals surface area (Å²) >= 11 is 3.31. The number of carbonyl (C=O) groups excluding carboxylic acids is 1. The Morgan fingerprint density at radius 1 is 1.61 bits per heavy atom. The number of nitrogens with one attached hydrogen (secondary N) is 1. The van der Waals surface area contributed by atoms with Gasteiger partial charge < -0.3 is 9.88 Å². The van der Waals surface area contributed by atoms with Crippen molar-refractivity contribution in [2.24, 2.45) is 0 Å². The highest BCUT2D eigenvalue weighted by Crippen LogP contribution is 2.17. The van der Waals surface area contributed by atoms with Crippen molar-refractivity contribution in [1.82, 2.24) is 9.55 Å². The predicted molar refractivity (Wildman–Crippen MR) is 70.0 cm³/mol. The van der Waals surface area contributed by atoms with Crippen LogP contribution in [0, 0.1) is 5.82 Å². The molecule has 2 aromatic rings. The fourth-order valence-corrected chi connectivity index (χ4v) is 2.05. The SMILES string of the molecule is CCn1cc(Br)cc1C(=O)Nc1ccncc1F. The van der Waals surface area contributed by atoms with Crippen molar-refractivity contribution >= 4 is 27.5 Å². The van der Waals surface area contributed by atoms with Crippen LogP contribution >= 0.6 is 15.9 Å². The second-order valence-electron chi connectivity index (χ2n) is 3.64. The molecule has 2 aromatic heterocycles. The number of hydrogen-bond acceptors (Lipinski definition) is 2. The van der Waals surface area contributed by atoms with Crippen molar-refractivity contribution in [3.63, 3.8) is 0 Å². The molecule has 0 spiro atoms. The molecule has 94 valence electrons. The maximum atomic E-state index is 13.4. The van der Waals surface area contributed by atoms with E-state index >= 15 is 0 Å². The molecule has 0 aliphatic heterocycles. The van der Waals surface area contributed by atoms with E-state index in [1.165, 1.54) is 12.3 Å². The zero-order valence-electron chi connectivity index (χ0n) is 9.65. The molecule has 0 saturated heterocycles. The average Bonchev–Trinajstić information content (AvgIpc) is 2.73. The molecule has 4 nitrogen and oxygen atoms in total. The summed E-state index contributed by atoms with van der Waals surface area (Å²) in [6.07, 6.45) is 4.29. The molecule has 0 aliphatic rings. The average molecular weight is 312 g/mol. The van der Waals surface area contributed by atoms with Gasteiger partial charge in [-0.25, -0.2) is 4.39 Å². The van der Waals surface area contributed by atoms with Crippen molar-refractivity contribution in [2.75, 3.05) is 5.32 Å². The summed E-state index contributed by atoms with van der Waals surface area (Å²) in [5.41, 5.74) is 0.593. The molecule has 1 amide bonds. The first-order chi connectivity index (χ1) is 8.61. The zero-order chi connectivity index (χ0) is 13.1. The Hall–Kier alpha value is -1.69. The van der Waals surface area contributed by atoms with Gasteiger partial charge in [0, 0.05) is 23.4 Å². The maximum absolute atomic E-state index is 13.4. The van der Waals surface area contributed by atoms with E-state index in [0.717, 1.165) is 10.7 Å². The minimum atomic E-state index is -0.556. The third kappa shape index (κ3) is 2.59. The lowest BCUT2D eigenvalue weighted by atomic mass is 10.3. The quantitative estimate of drug-likeness (QED) is 0.947. The normalized spacial score (nSPS) is 10.4. The molecule has 2 rings (SSSR count). The second-order valence-corrected chi connectivity index (χ2v) is 4.55. The van der Waals surface area contributed by atoms with E-state index in [2.05, 4.69) is 26.2 Å². The standard InChI is InChI=1S/C12H11BrFN3O/c1-2-17-7-8(13)5-11(17)12(18)16-10-3-4-15-6-9(10)14/h3-7H,2H2,1H3,(H,15,16,18). The summed E-state index contributed by atoms with van der Waals surface area (Å²) in [5, 5.41) is 2.52. The molecule has 0 fully saturated rings. The van der Waals surface area contributed by atoms with Crippen LogP contribution in [0.4, 0.5) is 10.1 Å². The Morgan fingerprint density at radius 2 is 2.39 bits per heavy atom. The van der Waals surface area contributed by atoms with Crippen molar-refractivity contribution in [1.29, 1.82) is 0 Å². The van der Waals surface area contributed by atoms with Crippen LogP contribution in [-0.4, -0.2) is 15.5 Å². The van der Waals surface area contributed by atoms with Crippen LogP contribution in [0.1, 0.15) is 17.4 Å². The minimum absolute atomic E-state index is 0.120. The summed E-state index contributed by atoms with van der Waals surface area (Å²) < 4.78 is 15.9. The number of aromatic nitrogens is 2. The third-order valence-corrected chi connectivity index (χ3v) is 2.89. The van der Waals surface area contributed by atoms with Gasteiger partial charge in [0.2, 0.25) is 0 Å². The predicted octanol–water partition coefficient (Wildman–Crippen LogP) is 3.06. The highest BCUT2D eigenvalue weighted by atomic mass is 79.9. The van der Waals surface area contributed by atoms with E-state index in [1.807, 2.05) is 6.92 Å². The zero-order valence-corrected chi connectivity index (χ0v) is 11.2. The van der Waals surface area contributed by atoms with E-state index < -0.39 is 5.82 Å². The molecular formula is C12H11BrFN3O. The number of hydrogen-bond donors (Lipinski definition) is 1. The lowest BCUT2D eigenvalue weighted by Gasteiger charge is -2.07. The van der Waals surface area contributed by atoms with E-state index in [-0.39, 0.29) is 11.6 Å². The number of pyridine rings is 1. The van der Waals surface area contributed by atoms with Crippen LogP contribution < -0.4 is 5.32 Å². The van der Waals surface area contributed by atoms with Gasteiger partial charge in [-0.1, -0.05) is 0 Å². The van der Waals surface area contributed by atoms with E-state index in [1.54, 1.807) is 16.8 Å². The van der Waals surface area contributed by atoms with Crippen LogP contribution in [0.25, 0.3) is 0 Å². The molecule has 2 heterocycles. The van der Waals surface area contributed by atoms with Gasteiger partial charge in [-0.3, -0.25) is 9.78 Å². The van der Waals surface area contributed by atoms with Crippen LogP contribution in [0.3, 0.4) is 0 Å². The number of rotatable bonds is 3. The van der Waals surface area contributed by atoms with Gasteiger partial charge in [0.15, 0.2) is 5.82 Å². The van der Waals surface area contributed by atoms with E-state index in [9.17, 15) is 9.18 Å². The number of carbonyl (C=O) groups is 1. The minimum Gasteiger partial charge on any atom is -0.343 e. The van der Waals surface area contributed by atoms with Gasteiger partial charge in [0.1, 0.15) is 5.69 Å². The van der Waals surface area contributed by atoms with Crippen molar-refractivity contribution in [2.45, 2.75) is 13.5 Å². The molecule has 0 aliphatic carbocycles. The molecule has 1 N–H and O–H groups in total. The second kappa shape index (κ2) is 5.30. The monoisotopic (exact) mass is 311 g/mol.